The number of fused-ring (bicyclic) bond motifs is 2. The van der Waals surface area contributed by atoms with E-state index in [1.165, 1.54) is 15.6 Å². The van der Waals surface area contributed by atoms with Crippen LogP contribution in [-0.2, 0) is 6.42 Å². The van der Waals surface area contributed by atoms with E-state index in [0.717, 1.165) is 12.1 Å². The molecule has 0 saturated heterocycles. The lowest BCUT2D eigenvalue weighted by molar-refractivity contribution is 0.0732. The molecule has 0 radical (unpaired) electrons. The standard InChI is InChI=1S/C17H16ClN5O/c1-11-3-4-15-12(7-11)5-6-23(21(15)2)17(24)14-8-16-19-9-13(18)10-22(16)20-14/h3-4,7-10H,5-6H2,1-2H3. The van der Waals surface area contributed by atoms with Crippen molar-refractivity contribution in [1.29, 1.82) is 0 Å². The van der Waals surface area contributed by atoms with E-state index in [4.69, 9.17) is 11.6 Å². The van der Waals surface area contributed by atoms with Gasteiger partial charge in [0.05, 0.1) is 16.9 Å². The van der Waals surface area contributed by atoms with Gasteiger partial charge in [0.2, 0.25) is 0 Å². The van der Waals surface area contributed by atoms with Crippen molar-refractivity contribution >= 4 is 28.8 Å². The Morgan fingerprint density at radius 1 is 1.29 bits per heavy atom. The molecule has 122 valence electrons. The minimum absolute atomic E-state index is 0.148. The molecule has 3 heterocycles. The summed E-state index contributed by atoms with van der Waals surface area (Å²) in [6, 6.07) is 7.96. The summed E-state index contributed by atoms with van der Waals surface area (Å²) in [5.74, 6) is -0.148. The van der Waals surface area contributed by atoms with Gasteiger partial charge in [-0.15, -0.1) is 0 Å². The molecular weight excluding hydrogens is 326 g/mol. The lowest BCUT2D eigenvalue weighted by atomic mass is 10.0. The molecule has 0 fully saturated rings. The third-order valence-electron chi connectivity index (χ3n) is 4.27. The summed E-state index contributed by atoms with van der Waals surface area (Å²) < 4.78 is 1.52. The average molecular weight is 342 g/mol. The summed E-state index contributed by atoms with van der Waals surface area (Å²) >= 11 is 5.92. The molecule has 0 bridgehead atoms. The number of amides is 1. The summed E-state index contributed by atoms with van der Waals surface area (Å²) in [5.41, 5.74) is 4.48. The highest BCUT2D eigenvalue weighted by molar-refractivity contribution is 6.30. The van der Waals surface area contributed by atoms with E-state index in [2.05, 4.69) is 35.2 Å². The molecular formula is C17H16ClN5O. The highest BCUT2D eigenvalue weighted by Gasteiger charge is 2.28. The first kappa shape index (κ1) is 15.0. The molecule has 6 nitrogen and oxygen atoms in total. The molecule has 3 aromatic rings. The first-order valence-corrected chi connectivity index (χ1v) is 8.07. The number of carbonyl (C=O) groups is 1. The fourth-order valence-corrected chi connectivity index (χ4v) is 3.21. The van der Waals surface area contributed by atoms with Crippen molar-refractivity contribution in [2.45, 2.75) is 13.3 Å². The molecule has 0 spiro atoms. The number of carbonyl (C=O) groups excluding carboxylic acids is 1. The number of hydrogen-bond acceptors (Lipinski definition) is 4. The van der Waals surface area contributed by atoms with E-state index in [1.807, 2.05) is 12.1 Å². The molecule has 0 saturated carbocycles. The fraction of sp³-hybridized carbons (Fsp3) is 0.235. The van der Waals surface area contributed by atoms with Crippen LogP contribution in [0.2, 0.25) is 5.02 Å². The summed E-state index contributed by atoms with van der Waals surface area (Å²) in [4.78, 5) is 17.1. The lowest BCUT2D eigenvalue weighted by Gasteiger charge is -2.38. The van der Waals surface area contributed by atoms with Crippen LogP contribution >= 0.6 is 11.6 Å². The summed E-state index contributed by atoms with van der Waals surface area (Å²) in [5, 5.41) is 8.38. The zero-order chi connectivity index (χ0) is 16.8. The van der Waals surface area contributed by atoms with Crippen LogP contribution in [0.25, 0.3) is 5.65 Å². The highest BCUT2D eigenvalue weighted by atomic mass is 35.5. The second-order valence-electron chi connectivity index (χ2n) is 5.94. The minimum atomic E-state index is -0.148. The van der Waals surface area contributed by atoms with Crippen molar-refractivity contribution in [3.05, 3.63) is 58.5 Å². The number of nitrogens with zero attached hydrogens (tertiary/aromatic N) is 5. The van der Waals surface area contributed by atoms with Crippen molar-refractivity contribution in [2.75, 3.05) is 18.6 Å². The molecule has 0 atom stereocenters. The van der Waals surface area contributed by atoms with Gasteiger partial charge in [-0.2, -0.15) is 5.10 Å². The van der Waals surface area contributed by atoms with E-state index in [1.54, 1.807) is 23.5 Å². The first-order chi connectivity index (χ1) is 11.5. The van der Waals surface area contributed by atoms with Gasteiger partial charge in [-0.3, -0.25) is 9.80 Å². The molecule has 0 aliphatic carbocycles. The minimum Gasteiger partial charge on any atom is -0.285 e. The van der Waals surface area contributed by atoms with E-state index in [9.17, 15) is 4.79 Å². The van der Waals surface area contributed by atoms with Crippen LogP contribution in [0.15, 0.2) is 36.7 Å². The number of benzene rings is 1. The summed E-state index contributed by atoms with van der Waals surface area (Å²) in [7, 11) is 1.90. The molecule has 0 N–H and O–H groups in total. The quantitative estimate of drug-likeness (QED) is 0.683. The fourth-order valence-electron chi connectivity index (χ4n) is 3.07. The predicted octanol–water partition coefficient (Wildman–Crippen LogP) is 2.74. The van der Waals surface area contributed by atoms with Gasteiger partial charge in [0.1, 0.15) is 0 Å². The Labute approximate surface area is 144 Å². The zero-order valence-corrected chi connectivity index (χ0v) is 14.2. The molecule has 1 aromatic carbocycles. The zero-order valence-electron chi connectivity index (χ0n) is 13.4. The number of hydrazine groups is 1. The second kappa shape index (κ2) is 5.49. The van der Waals surface area contributed by atoms with Gasteiger partial charge in [-0.1, -0.05) is 29.3 Å². The van der Waals surface area contributed by atoms with Crippen LogP contribution in [0.1, 0.15) is 21.6 Å². The number of aryl methyl sites for hydroxylation is 1. The van der Waals surface area contributed by atoms with Crippen molar-refractivity contribution < 1.29 is 4.79 Å². The summed E-state index contributed by atoms with van der Waals surface area (Å²) in [6.07, 6.45) is 4.00. The van der Waals surface area contributed by atoms with Crippen LogP contribution in [-0.4, -0.2) is 39.1 Å². The Bertz CT molecular complexity index is 951. The smallest absolute Gasteiger partial charge is 0.285 e. The number of anilines is 1. The molecule has 24 heavy (non-hydrogen) atoms. The first-order valence-electron chi connectivity index (χ1n) is 7.69. The molecule has 7 heteroatoms. The summed E-state index contributed by atoms with van der Waals surface area (Å²) in [6.45, 7) is 2.69. The number of halogens is 1. The SMILES string of the molecule is Cc1ccc2c(c1)CCN(C(=O)c1cc3ncc(Cl)cn3n1)N2C. The van der Waals surface area contributed by atoms with Crippen molar-refractivity contribution in [3.8, 4) is 0 Å². The van der Waals surface area contributed by atoms with E-state index in [0.29, 0.717) is 22.9 Å². The third kappa shape index (κ3) is 2.39. The van der Waals surface area contributed by atoms with Gasteiger partial charge in [-0.05, 0) is 25.0 Å². The monoisotopic (exact) mass is 341 g/mol. The van der Waals surface area contributed by atoms with E-state index < -0.39 is 0 Å². The maximum atomic E-state index is 12.9. The van der Waals surface area contributed by atoms with Gasteiger partial charge < -0.3 is 0 Å². The van der Waals surface area contributed by atoms with Crippen LogP contribution in [0.5, 0.6) is 0 Å². The van der Waals surface area contributed by atoms with Crippen LogP contribution in [0.3, 0.4) is 0 Å². The Morgan fingerprint density at radius 3 is 2.96 bits per heavy atom. The van der Waals surface area contributed by atoms with Gasteiger partial charge >= 0.3 is 0 Å². The van der Waals surface area contributed by atoms with E-state index in [-0.39, 0.29) is 5.91 Å². The molecule has 2 aromatic heterocycles. The second-order valence-corrected chi connectivity index (χ2v) is 6.38. The van der Waals surface area contributed by atoms with Gasteiger partial charge in [0.15, 0.2) is 11.3 Å². The van der Waals surface area contributed by atoms with Crippen molar-refractivity contribution in [1.82, 2.24) is 19.6 Å². The Kier molecular flexibility index (Phi) is 3.42. The maximum Gasteiger partial charge on any atom is 0.292 e. The number of aromatic nitrogens is 3. The Balaban J connectivity index is 1.67. The molecule has 4 rings (SSSR count). The predicted molar refractivity (Wildman–Crippen MR) is 92.3 cm³/mol. The van der Waals surface area contributed by atoms with Crippen molar-refractivity contribution in [2.24, 2.45) is 0 Å². The lowest BCUT2D eigenvalue weighted by Crippen LogP contribution is -2.48. The number of hydrogen-bond donors (Lipinski definition) is 0. The molecule has 0 unspecified atom stereocenters. The Morgan fingerprint density at radius 2 is 2.12 bits per heavy atom. The van der Waals surface area contributed by atoms with Crippen LogP contribution < -0.4 is 5.01 Å². The highest BCUT2D eigenvalue weighted by Crippen LogP contribution is 2.28. The molecule has 1 aliphatic rings. The van der Waals surface area contributed by atoms with Crippen LogP contribution in [0, 0.1) is 6.92 Å². The topological polar surface area (TPSA) is 53.7 Å². The van der Waals surface area contributed by atoms with E-state index >= 15 is 0 Å². The third-order valence-corrected chi connectivity index (χ3v) is 4.47. The molecule has 1 aliphatic heterocycles. The van der Waals surface area contributed by atoms with Gasteiger partial charge in [-0.25, -0.2) is 14.5 Å². The van der Waals surface area contributed by atoms with Crippen LogP contribution in [0.4, 0.5) is 5.69 Å². The van der Waals surface area contributed by atoms with Gasteiger partial charge in [0, 0.05) is 25.9 Å². The largest absolute Gasteiger partial charge is 0.292 e. The van der Waals surface area contributed by atoms with Crippen molar-refractivity contribution in [3.63, 3.8) is 0 Å². The normalized spacial score (nSPS) is 14.1. The maximum absolute atomic E-state index is 12.9. The molecule has 1 amide bonds. The number of rotatable bonds is 1. The van der Waals surface area contributed by atoms with Gasteiger partial charge in [0.25, 0.3) is 5.91 Å². The Hall–Kier alpha value is -2.60. The average Bonchev–Trinajstić information content (AvgIpc) is 2.97.